The summed E-state index contributed by atoms with van der Waals surface area (Å²) in [5, 5.41) is 14.6. The molecule has 2 rings (SSSR count). The summed E-state index contributed by atoms with van der Waals surface area (Å²) in [7, 11) is 1.63. The molecule has 0 spiro atoms. The Morgan fingerprint density at radius 2 is 2.00 bits per heavy atom. The van der Waals surface area contributed by atoms with Gasteiger partial charge in [0.25, 0.3) is 5.69 Å². The number of anilines is 1. The van der Waals surface area contributed by atoms with Gasteiger partial charge < -0.3 is 10.1 Å². The highest BCUT2D eigenvalue weighted by molar-refractivity contribution is 6.42. The van der Waals surface area contributed by atoms with E-state index in [0.29, 0.717) is 27.0 Å². The Morgan fingerprint density at radius 1 is 1.24 bits per heavy atom. The Balaban J connectivity index is 2.21. The molecule has 0 aliphatic heterocycles. The Hall–Kier alpha value is -1.98. The number of nitrogens with one attached hydrogen (secondary N) is 1. The first-order valence-electron chi connectivity index (χ1n) is 6.05. The van der Waals surface area contributed by atoms with Crippen LogP contribution < -0.4 is 10.1 Å². The van der Waals surface area contributed by atoms with Crippen LogP contribution in [-0.2, 0) is 6.61 Å². The second-order valence-corrected chi connectivity index (χ2v) is 5.00. The van der Waals surface area contributed by atoms with Gasteiger partial charge >= 0.3 is 0 Å². The lowest BCUT2D eigenvalue weighted by atomic mass is 10.1. The molecule has 2 aromatic carbocycles. The van der Waals surface area contributed by atoms with Crippen molar-refractivity contribution in [2.75, 3.05) is 12.4 Å². The average Bonchev–Trinajstić information content (AvgIpc) is 2.47. The third-order valence-corrected chi connectivity index (χ3v) is 3.60. The maximum atomic E-state index is 11.0. The van der Waals surface area contributed by atoms with Crippen molar-refractivity contribution in [3.63, 3.8) is 0 Å². The molecule has 0 aliphatic carbocycles. The minimum atomic E-state index is -0.436. The zero-order valence-electron chi connectivity index (χ0n) is 11.1. The van der Waals surface area contributed by atoms with Gasteiger partial charge in [0, 0.05) is 24.7 Å². The first kappa shape index (κ1) is 15.4. The number of hydrogen-bond donors (Lipinski definition) is 1. The number of para-hydroxylation sites is 1. The van der Waals surface area contributed by atoms with E-state index in [1.807, 2.05) is 0 Å². The smallest absolute Gasteiger partial charge is 0.292 e. The number of hydrogen-bond acceptors (Lipinski definition) is 4. The monoisotopic (exact) mass is 326 g/mol. The summed E-state index contributed by atoms with van der Waals surface area (Å²) in [6.07, 6.45) is 0. The summed E-state index contributed by atoms with van der Waals surface area (Å²) >= 11 is 11.7. The van der Waals surface area contributed by atoms with Crippen LogP contribution in [0.4, 0.5) is 11.4 Å². The fourth-order valence-corrected chi connectivity index (χ4v) is 2.16. The summed E-state index contributed by atoms with van der Waals surface area (Å²) in [4.78, 5) is 10.5. The van der Waals surface area contributed by atoms with E-state index in [9.17, 15) is 10.1 Å². The molecular weight excluding hydrogens is 315 g/mol. The van der Waals surface area contributed by atoms with Crippen LogP contribution in [0.25, 0.3) is 0 Å². The quantitative estimate of drug-likeness (QED) is 0.648. The van der Waals surface area contributed by atoms with Gasteiger partial charge in [-0.1, -0.05) is 35.3 Å². The van der Waals surface area contributed by atoms with Crippen LogP contribution in [0.15, 0.2) is 36.4 Å². The molecule has 0 saturated heterocycles. The minimum absolute atomic E-state index is 0.00717. The molecule has 0 radical (unpaired) electrons. The Morgan fingerprint density at radius 3 is 2.62 bits per heavy atom. The van der Waals surface area contributed by atoms with Crippen LogP contribution in [0.5, 0.6) is 5.75 Å². The molecule has 110 valence electrons. The van der Waals surface area contributed by atoms with E-state index in [1.54, 1.807) is 37.4 Å². The van der Waals surface area contributed by atoms with Crippen molar-refractivity contribution < 1.29 is 9.66 Å². The van der Waals surface area contributed by atoms with E-state index in [4.69, 9.17) is 27.9 Å². The summed E-state index contributed by atoms with van der Waals surface area (Å²) in [5.41, 5.74) is 1.12. The largest absolute Gasteiger partial charge is 0.489 e. The summed E-state index contributed by atoms with van der Waals surface area (Å²) in [6.45, 7) is 0.176. The fraction of sp³-hybridized carbons (Fsp3) is 0.143. The molecule has 0 aromatic heterocycles. The van der Waals surface area contributed by atoms with E-state index < -0.39 is 4.92 Å². The van der Waals surface area contributed by atoms with Gasteiger partial charge in [-0.05, 0) is 12.1 Å². The summed E-state index contributed by atoms with van der Waals surface area (Å²) in [6, 6.07) is 9.73. The van der Waals surface area contributed by atoms with E-state index >= 15 is 0 Å². The maximum Gasteiger partial charge on any atom is 0.292 e. The molecule has 7 heteroatoms. The van der Waals surface area contributed by atoms with Crippen LogP contribution in [-0.4, -0.2) is 12.0 Å². The lowest BCUT2D eigenvalue weighted by molar-refractivity contribution is -0.384. The molecule has 0 heterocycles. The number of ether oxygens (including phenoxy) is 1. The van der Waals surface area contributed by atoms with Gasteiger partial charge in [-0.3, -0.25) is 10.1 Å². The number of benzene rings is 2. The molecule has 5 nitrogen and oxygen atoms in total. The van der Waals surface area contributed by atoms with E-state index in [-0.39, 0.29) is 12.3 Å². The highest BCUT2D eigenvalue weighted by Crippen LogP contribution is 2.30. The summed E-state index contributed by atoms with van der Waals surface area (Å²) in [5.74, 6) is 0.540. The second-order valence-electron chi connectivity index (χ2n) is 4.18. The lowest BCUT2D eigenvalue weighted by Crippen LogP contribution is -2.04. The van der Waals surface area contributed by atoms with Gasteiger partial charge in [0.2, 0.25) is 0 Å². The molecule has 0 amide bonds. The van der Waals surface area contributed by atoms with Crippen LogP contribution in [0, 0.1) is 10.1 Å². The number of nitro groups is 1. The molecule has 0 fully saturated rings. The number of rotatable bonds is 5. The average molecular weight is 327 g/mol. The van der Waals surface area contributed by atoms with Crippen molar-refractivity contribution in [3.8, 4) is 5.75 Å². The molecular formula is C14H12Cl2N2O3. The topological polar surface area (TPSA) is 64.4 Å². The molecule has 0 aliphatic rings. The van der Waals surface area contributed by atoms with E-state index in [1.165, 1.54) is 6.07 Å². The SMILES string of the molecule is CNc1c(COc2ccc(Cl)c(Cl)c2)cccc1[N+](=O)[O-]. The highest BCUT2D eigenvalue weighted by Gasteiger charge is 2.16. The molecule has 0 bridgehead atoms. The van der Waals surface area contributed by atoms with Crippen LogP contribution in [0.1, 0.15) is 5.56 Å². The molecule has 21 heavy (non-hydrogen) atoms. The van der Waals surface area contributed by atoms with Crippen molar-refractivity contribution in [3.05, 3.63) is 62.1 Å². The Kier molecular flexibility index (Phi) is 4.88. The predicted octanol–water partition coefficient (Wildman–Crippen LogP) is 4.52. The Labute approximate surface area is 131 Å². The van der Waals surface area contributed by atoms with E-state index in [0.717, 1.165) is 0 Å². The van der Waals surface area contributed by atoms with Crippen molar-refractivity contribution >= 4 is 34.6 Å². The Bertz CT molecular complexity index is 677. The molecule has 0 unspecified atom stereocenters. The predicted molar refractivity (Wildman–Crippen MR) is 83.4 cm³/mol. The van der Waals surface area contributed by atoms with Gasteiger partial charge in [0.15, 0.2) is 0 Å². The van der Waals surface area contributed by atoms with Gasteiger partial charge in [-0.2, -0.15) is 0 Å². The van der Waals surface area contributed by atoms with Crippen LogP contribution >= 0.6 is 23.2 Å². The lowest BCUT2D eigenvalue weighted by Gasteiger charge is -2.11. The molecule has 1 N–H and O–H groups in total. The standard InChI is InChI=1S/C14H12Cl2N2O3/c1-17-14-9(3-2-4-13(14)18(19)20)8-21-10-5-6-11(15)12(16)7-10/h2-7,17H,8H2,1H3. The van der Waals surface area contributed by atoms with Gasteiger partial charge in [-0.25, -0.2) is 0 Å². The van der Waals surface area contributed by atoms with Gasteiger partial charge in [-0.15, -0.1) is 0 Å². The highest BCUT2D eigenvalue weighted by atomic mass is 35.5. The van der Waals surface area contributed by atoms with Crippen molar-refractivity contribution in [2.45, 2.75) is 6.61 Å². The summed E-state index contributed by atoms with van der Waals surface area (Å²) < 4.78 is 5.60. The van der Waals surface area contributed by atoms with Crippen LogP contribution in [0.2, 0.25) is 10.0 Å². The van der Waals surface area contributed by atoms with Crippen LogP contribution in [0.3, 0.4) is 0 Å². The molecule has 0 saturated carbocycles. The zero-order valence-corrected chi connectivity index (χ0v) is 12.6. The van der Waals surface area contributed by atoms with Crippen molar-refractivity contribution in [1.82, 2.24) is 0 Å². The number of nitro benzene ring substituents is 1. The first-order chi connectivity index (χ1) is 10.0. The zero-order chi connectivity index (χ0) is 15.4. The fourth-order valence-electron chi connectivity index (χ4n) is 1.88. The molecule has 0 atom stereocenters. The van der Waals surface area contributed by atoms with Crippen molar-refractivity contribution in [1.29, 1.82) is 0 Å². The molecule has 2 aromatic rings. The van der Waals surface area contributed by atoms with Gasteiger partial charge in [0.1, 0.15) is 18.0 Å². The first-order valence-corrected chi connectivity index (χ1v) is 6.80. The number of nitrogens with zero attached hydrogens (tertiary/aromatic N) is 1. The van der Waals surface area contributed by atoms with Crippen molar-refractivity contribution in [2.24, 2.45) is 0 Å². The second kappa shape index (κ2) is 6.65. The number of halogens is 2. The minimum Gasteiger partial charge on any atom is -0.489 e. The normalized spacial score (nSPS) is 10.2. The third-order valence-electron chi connectivity index (χ3n) is 2.86. The maximum absolute atomic E-state index is 11.0. The third kappa shape index (κ3) is 3.56. The van der Waals surface area contributed by atoms with E-state index in [2.05, 4.69) is 5.32 Å². The van der Waals surface area contributed by atoms with Gasteiger partial charge in [0.05, 0.1) is 15.0 Å².